The highest BCUT2D eigenvalue weighted by Gasteiger charge is 2.70. The lowest BCUT2D eigenvalue weighted by Crippen LogP contribution is -2.66. The number of Topliss-reactive ketones (excluding diaryl/α,β-unsaturated/α-hetero) is 1. The third kappa shape index (κ3) is 3.25. The molecule has 0 radical (unpaired) electrons. The number of carbonyl (C=O) groups excluding carboxylic acids is 2. The van der Waals surface area contributed by atoms with Gasteiger partial charge < -0.3 is 0 Å². The van der Waals surface area contributed by atoms with Crippen LogP contribution in [0.3, 0.4) is 0 Å². The lowest BCUT2D eigenvalue weighted by atomic mass is 9.34. The van der Waals surface area contributed by atoms with E-state index in [0.717, 1.165) is 38.6 Å². The third-order valence-electron chi connectivity index (χ3n) is 13.4. The van der Waals surface area contributed by atoms with Crippen LogP contribution in [-0.2, 0) is 16.1 Å². The first-order valence-corrected chi connectivity index (χ1v) is 15.0. The topological polar surface area (TPSA) is 88.6 Å². The lowest BCUT2D eigenvalue weighted by Gasteiger charge is -2.69. The molecule has 0 saturated heterocycles. The first-order valence-electron chi connectivity index (χ1n) is 15.0. The molecule has 0 N–H and O–H groups in total. The van der Waals surface area contributed by atoms with Crippen LogP contribution in [0.4, 0.5) is 0 Å². The predicted octanol–water partition coefficient (Wildman–Crippen LogP) is 6.35. The maximum absolute atomic E-state index is 14.6. The fourth-order valence-electron chi connectivity index (χ4n) is 10.9. The minimum Gasteiger partial charge on any atom is -0.295 e. The number of fused-ring (bicyclic) bond motifs is 7. The summed E-state index contributed by atoms with van der Waals surface area (Å²) in [5.41, 5.74) is -0.0162. The number of nitriles is 1. The van der Waals surface area contributed by atoms with Crippen LogP contribution in [-0.4, -0.2) is 26.3 Å². The second-order valence-electron chi connectivity index (χ2n) is 15.1. The normalized spacial score (nSPS) is 46.6. The molecule has 0 aliphatic heterocycles. The third-order valence-corrected chi connectivity index (χ3v) is 13.4. The minimum atomic E-state index is -0.635. The summed E-state index contributed by atoms with van der Waals surface area (Å²) in [7, 11) is 0. The van der Waals surface area contributed by atoms with Crippen molar-refractivity contribution in [2.24, 2.45) is 56.7 Å². The molecule has 3 saturated carbocycles. The Morgan fingerprint density at radius 3 is 2.46 bits per heavy atom. The van der Waals surface area contributed by atoms with E-state index in [2.05, 4.69) is 50.8 Å². The highest BCUT2D eigenvalue weighted by molar-refractivity contribution is 6.04. The molecule has 0 bridgehead atoms. The fourth-order valence-corrected chi connectivity index (χ4v) is 10.9. The summed E-state index contributed by atoms with van der Waals surface area (Å²) < 4.78 is 2.00. The van der Waals surface area contributed by atoms with Crippen LogP contribution >= 0.6 is 0 Å². The van der Waals surface area contributed by atoms with Gasteiger partial charge in [-0.3, -0.25) is 14.3 Å². The smallest absolute Gasteiger partial charge is 0.178 e. The summed E-state index contributed by atoms with van der Waals surface area (Å²) in [4.78, 5) is 32.1. The van der Waals surface area contributed by atoms with Gasteiger partial charge >= 0.3 is 0 Å². The Kier molecular flexibility index (Phi) is 5.63. The van der Waals surface area contributed by atoms with E-state index < -0.39 is 10.8 Å². The van der Waals surface area contributed by atoms with Gasteiger partial charge in [0.15, 0.2) is 11.6 Å². The number of hydrogen-bond donors (Lipinski definition) is 0. The zero-order chi connectivity index (χ0) is 28.2. The monoisotopic (exact) mass is 528 g/mol. The second-order valence-corrected chi connectivity index (χ2v) is 15.1. The Bertz CT molecular complexity index is 1330. The van der Waals surface area contributed by atoms with Gasteiger partial charge in [-0.25, -0.2) is 4.98 Å². The molecule has 5 aliphatic carbocycles. The number of hydrogen-bond acceptors (Lipinski definition) is 5. The van der Waals surface area contributed by atoms with E-state index >= 15 is 0 Å². The highest BCUT2D eigenvalue weighted by Crippen LogP contribution is 2.74. The maximum atomic E-state index is 14.6. The molecule has 208 valence electrons. The van der Waals surface area contributed by atoms with E-state index in [0.29, 0.717) is 11.8 Å². The van der Waals surface area contributed by atoms with Crippen molar-refractivity contribution in [2.75, 3.05) is 0 Å². The molecule has 1 aromatic heterocycles. The molecule has 0 amide bonds. The molecule has 0 aromatic carbocycles. The number of nitrogens with zero attached hydrogens (tertiary/aromatic N) is 4. The predicted molar refractivity (Wildman–Crippen MR) is 149 cm³/mol. The van der Waals surface area contributed by atoms with Gasteiger partial charge in [0.1, 0.15) is 18.7 Å². The van der Waals surface area contributed by atoms with Gasteiger partial charge in [0, 0.05) is 23.3 Å². The highest BCUT2D eigenvalue weighted by atomic mass is 16.1. The lowest BCUT2D eigenvalue weighted by molar-refractivity contribution is -0.180. The van der Waals surface area contributed by atoms with E-state index in [1.807, 2.05) is 37.0 Å². The Morgan fingerprint density at radius 2 is 1.79 bits per heavy atom. The molecule has 1 aromatic rings. The molecule has 6 heteroatoms. The SMILES string of the molecule is C[C@@H]1[C@H]2[C@H]3C(=O)C=C4[C@@]5(C)C=C(C#N)C(=O)C(C)(C)[C@@H]5CC[C@@]4(C)[C@]3(C)CC[C@@]2(Cn2cncn2)CC[C@H]1C. The van der Waals surface area contributed by atoms with Crippen LogP contribution < -0.4 is 0 Å². The van der Waals surface area contributed by atoms with Crippen molar-refractivity contribution >= 4 is 11.6 Å². The van der Waals surface area contributed by atoms with Gasteiger partial charge in [0.05, 0.1) is 5.57 Å². The first kappa shape index (κ1) is 26.7. The molecule has 1 heterocycles. The molecule has 0 spiro atoms. The summed E-state index contributed by atoms with van der Waals surface area (Å²) in [6, 6.07) is 2.21. The molecule has 6 rings (SSSR count). The van der Waals surface area contributed by atoms with Crippen LogP contribution in [0.5, 0.6) is 0 Å². The number of ketones is 2. The van der Waals surface area contributed by atoms with Crippen molar-refractivity contribution in [1.29, 1.82) is 5.26 Å². The minimum absolute atomic E-state index is 0.0371. The molecule has 5 aliphatic rings. The standard InChI is InChI=1S/C33H44N4O2/c1-20-8-11-33(17-37-19-35-18-36-37)13-12-32(7)27(26(33)21(20)2)23(38)14-25-30(5)15-22(16-34)28(39)29(3,4)24(30)9-10-31(25,32)6/h14-15,18-21,24,26-27H,8-13,17H2,1-7H3/t20-,21+,24+,26+,27-,30+,31-,32-,33-/m1/s1. The zero-order valence-corrected chi connectivity index (χ0v) is 24.8. The largest absolute Gasteiger partial charge is 0.295 e. The average Bonchev–Trinajstić information content (AvgIpc) is 3.39. The molecule has 6 nitrogen and oxygen atoms in total. The number of carbonyl (C=O) groups is 2. The van der Waals surface area contributed by atoms with Gasteiger partial charge in [-0.1, -0.05) is 60.1 Å². The van der Waals surface area contributed by atoms with Crippen molar-refractivity contribution in [3.05, 3.63) is 36.0 Å². The molecule has 0 unspecified atom stereocenters. The molecule has 39 heavy (non-hydrogen) atoms. The van der Waals surface area contributed by atoms with E-state index in [9.17, 15) is 14.9 Å². The Labute approximate surface area is 233 Å². The van der Waals surface area contributed by atoms with Crippen molar-refractivity contribution in [1.82, 2.24) is 14.8 Å². The van der Waals surface area contributed by atoms with E-state index in [1.165, 1.54) is 12.0 Å². The van der Waals surface area contributed by atoms with E-state index in [-0.39, 0.29) is 51.1 Å². The summed E-state index contributed by atoms with van der Waals surface area (Å²) in [5.74, 6) is 1.55. The van der Waals surface area contributed by atoms with E-state index in [4.69, 9.17) is 0 Å². The van der Waals surface area contributed by atoms with Crippen LogP contribution in [0.1, 0.15) is 87.0 Å². The van der Waals surface area contributed by atoms with Gasteiger partial charge in [-0.15, -0.1) is 0 Å². The van der Waals surface area contributed by atoms with Gasteiger partial charge in [0.2, 0.25) is 0 Å². The van der Waals surface area contributed by atoms with Crippen LogP contribution in [0.25, 0.3) is 0 Å². The fraction of sp³-hybridized carbons (Fsp3) is 0.727. The number of allylic oxidation sites excluding steroid dienone is 4. The quantitative estimate of drug-likeness (QED) is 0.446. The molecule has 9 atom stereocenters. The number of rotatable bonds is 2. The average molecular weight is 529 g/mol. The maximum Gasteiger partial charge on any atom is 0.178 e. The molecular weight excluding hydrogens is 484 g/mol. The van der Waals surface area contributed by atoms with Crippen molar-refractivity contribution in [3.63, 3.8) is 0 Å². The van der Waals surface area contributed by atoms with Crippen molar-refractivity contribution < 1.29 is 9.59 Å². The first-order chi connectivity index (χ1) is 18.2. The summed E-state index contributed by atoms with van der Waals surface area (Å²) in [6.45, 7) is 16.6. The van der Waals surface area contributed by atoms with Crippen molar-refractivity contribution in [3.8, 4) is 6.07 Å². The Hall–Kier alpha value is -2.55. The molecule has 3 fully saturated rings. The summed E-state index contributed by atoms with van der Waals surface area (Å²) in [5, 5.41) is 14.4. The molecular formula is C33H44N4O2. The Morgan fingerprint density at radius 1 is 1.05 bits per heavy atom. The Balaban J connectivity index is 1.52. The summed E-state index contributed by atoms with van der Waals surface area (Å²) in [6.07, 6.45) is 13.7. The van der Waals surface area contributed by atoms with Crippen LogP contribution in [0, 0.1) is 68.0 Å². The van der Waals surface area contributed by atoms with Gasteiger partial charge in [-0.2, -0.15) is 10.4 Å². The zero-order valence-electron chi connectivity index (χ0n) is 24.8. The van der Waals surface area contributed by atoms with E-state index in [1.54, 1.807) is 6.33 Å². The van der Waals surface area contributed by atoms with Gasteiger partial charge in [0.25, 0.3) is 0 Å². The van der Waals surface area contributed by atoms with Crippen molar-refractivity contribution in [2.45, 2.75) is 93.5 Å². The summed E-state index contributed by atoms with van der Waals surface area (Å²) >= 11 is 0. The number of aromatic nitrogens is 3. The van der Waals surface area contributed by atoms with Gasteiger partial charge in [-0.05, 0) is 84.5 Å². The van der Waals surface area contributed by atoms with Crippen LogP contribution in [0.15, 0.2) is 36.0 Å². The van der Waals surface area contributed by atoms with Crippen LogP contribution in [0.2, 0.25) is 0 Å². The second kappa shape index (κ2) is 8.24.